The third kappa shape index (κ3) is 1.39. The summed E-state index contributed by atoms with van der Waals surface area (Å²) in [6, 6.07) is 22.3. The average Bonchev–Trinajstić information content (AvgIpc) is 2.54. The van der Waals surface area contributed by atoms with E-state index in [-0.39, 0.29) is 0 Å². The van der Waals surface area contributed by atoms with E-state index in [9.17, 15) is 0 Å². The van der Waals surface area contributed by atoms with Crippen LogP contribution in [0, 0.1) is 0 Å². The van der Waals surface area contributed by atoms with Crippen LogP contribution in [0.3, 0.4) is 0 Å². The van der Waals surface area contributed by atoms with Gasteiger partial charge in [0.05, 0.1) is 5.39 Å². The number of hydrogen-bond acceptors (Lipinski definition) is 1. The molecule has 2 heteroatoms. The summed E-state index contributed by atoms with van der Waals surface area (Å²) in [4.78, 5) is 0. The van der Waals surface area contributed by atoms with Crippen molar-refractivity contribution in [2.24, 2.45) is 0 Å². The molecule has 2 nitrogen and oxygen atoms in total. The molecule has 0 bridgehead atoms. The summed E-state index contributed by atoms with van der Waals surface area (Å²) in [6.07, 6.45) is 0. The van der Waals surface area contributed by atoms with Gasteiger partial charge in [-0.3, -0.25) is 0 Å². The number of ether oxygens (including phenoxy) is 1. The second-order valence-electron chi connectivity index (χ2n) is 5.20. The van der Waals surface area contributed by atoms with E-state index in [0.717, 1.165) is 39.0 Å². The van der Waals surface area contributed by atoms with Gasteiger partial charge in [-0.25, -0.2) is 4.42 Å². The maximum atomic E-state index is 6.04. The highest BCUT2D eigenvalue weighted by Crippen LogP contribution is 2.49. The molecule has 0 aliphatic carbocycles. The molecule has 98 valence electrons. The summed E-state index contributed by atoms with van der Waals surface area (Å²) in [6.45, 7) is 0. The third-order valence-corrected chi connectivity index (χ3v) is 3.99. The van der Waals surface area contributed by atoms with Gasteiger partial charge in [-0.15, -0.1) is 0 Å². The minimum atomic E-state index is 0.857. The van der Waals surface area contributed by atoms with Gasteiger partial charge < -0.3 is 4.74 Å². The predicted molar refractivity (Wildman–Crippen MR) is 83.6 cm³/mol. The van der Waals surface area contributed by atoms with Crippen molar-refractivity contribution < 1.29 is 9.15 Å². The molecule has 0 radical (unpaired) electrons. The second-order valence-corrected chi connectivity index (χ2v) is 5.20. The Balaban J connectivity index is 2.11. The second kappa shape index (κ2) is 3.83. The van der Waals surface area contributed by atoms with Gasteiger partial charge in [0.15, 0.2) is 0 Å². The monoisotopic (exact) mass is 271 g/mol. The lowest BCUT2D eigenvalue weighted by molar-refractivity contribution is 0.486. The molecule has 1 aliphatic rings. The van der Waals surface area contributed by atoms with Crippen LogP contribution < -0.4 is 4.74 Å². The molecule has 0 saturated heterocycles. The number of benzene rings is 3. The predicted octanol–water partition coefficient (Wildman–Crippen LogP) is 5.64. The molecular weight excluding hydrogens is 260 g/mol. The van der Waals surface area contributed by atoms with Gasteiger partial charge in [0.25, 0.3) is 0 Å². The van der Waals surface area contributed by atoms with Crippen LogP contribution in [0.2, 0.25) is 0 Å². The lowest BCUT2D eigenvalue weighted by atomic mass is 9.94. The Labute approximate surface area is 121 Å². The molecule has 0 saturated carbocycles. The molecule has 0 spiro atoms. The van der Waals surface area contributed by atoms with Crippen molar-refractivity contribution in [3.63, 3.8) is 0 Å². The molecule has 0 fully saturated rings. The lowest BCUT2D eigenvalue weighted by Crippen LogP contribution is -1.97. The lowest BCUT2D eigenvalue weighted by Gasteiger charge is -2.18. The van der Waals surface area contributed by atoms with Crippen LogP contribution >= 0.6 is 0 Å². The number of para-hydroxylation sites is 2. The Morgan fingerprint density at radius 2 is 1.43 bits per heavy atom. The zero-order valence-electron chi connectivity index (χ0n) is 11.2. The Bertz CT molecular complexity index is 1020. The highest BCUT2D eigenvalue weighted by atomic mass is 16.5. The molecule has 0 amide bonds. The normalized spacial score (nSPS) is 12.2. The highest BCUT2D eigenvalue weighted by Gasteiger charge is 2.28. The molecule has 1 aliphatic heterocycles. The summed E-state index contributed by atoms with van der Waals surface area (Å²) < 4.78 is 12.1. The van der Waals surface area contributed by atoms with E-state index in [1.807, 2.05) is 54.6 Å². The molecule has 21 heavy (non-hydrogen) atoms. The van der Waals surface area contributed by atoms with E-state index in [1.54, 1.807) is 0 Å². The summed E-state index contributed by atoms with van der Waals surface area (Å²) in [5, 5.41) is 2.17. The average molecular weight is 271 g/mol. The first-order valence-corrected chi connectivity index (χ1v) is 6.97. The van der Waals surface area contributed by atoms with E-state index in [1.165, 1.54) is 5.56 Å². The molecule has 1 aromatic heterocycles. The molecule has 2 heterocycles. The third-order valence-electron chi connectivity index (χ3n) is 3.99. The maximum Gasteiger partial charge on any atom is 0.365 e. The van der Waals surface area contributed by atoms with E-state index in [2.05, 4.69) is 12.1 Å². The maximum absolute atomic E-state index is 6.04. The van der Waals surface area contributed by atoms with Gasteiger partial charge in [0, 0.05) is 23.3 Å². The first-order valence-electron chi connectivity index (χ1n) is 6.97. The van der Waals surface area contributed by atoms with Crippen LogP contribution in [0.4, 0.5) is 0 Å². The fourth-order valence-corrected chi connectivity index (χ4v) is 3.10. The van der Waals surface area contributed by atoms with Gasteiger partial charge in [0.1, 0.15) is 16.9 Å². The van der Waals surface area contributed by atoms with E-state index >= 15 is 0 Å². The van der Waals surface area contributed by atoms with E-state index in [4.69, 9.17) is 9.15 Å². The minimum Gasteiger partial charge on any atom is -0.456 e. The van der Waals surface area contributed by atoms with Crippen LogP contribution in [-0.4, -0.2) is 0 Å². The van der Waals surface area contributed by atoms with Crippen molar-refractivity contribution in [2.75, 3.05) is 0 Å². The Kier molecular flexibility index (Phi) is 1.98. The first kappa shape index (κ1) is 10.9. The molecule has 3 aromatic carbocycles. The summed E-state index contributed by atoms with van der Waals surface area (Å²) in [5.41, 5.74) is 4.07. The molecule has 5 rings (SSSR count). The zero-order valence-corrected chi connectivity index (χ0v) is 11.2. The number of hydrogen-bond donors (Lipinski definition) is 0. The number of rotatable bonds is 0. The smallest absolute Gasteiger partial charge is 0.365 e. The van der Waals surface area contributed by atoms with Crippen LogP contribution in [0.1, 0.15) is 0 Å². The molecular formula is C19H11O2+. The number of fused-ring (bicyclic) bond motifs is 4. The Morgan fingerprint density at radius 1 is 0.667 bits per heavy atom. The summed E-state index contributed by atoms with van der Waals surface area (Å²) in [7, 11) is 0. The van der Waals surface area contributed by atoms with Gasteiger partial charge >= 0.3 is 11.2 Å². The van der Waals surface area contributed by atoms with Crippen LogP contribution in [-0.2, 0) is 0 Å². The SMILES string of the molecule is c1ccc2c(c1)Oc1cccc3[o+]c4ccccc4c-2c13. The van der Waals surface area contributed by atoms with Crippen molar-refractivity contribution in [3.8, 4) is 22.6 Å². The van der Waals surface area contributed by atoms with Crippen molar-refractivity contribution in [1.82, 2.24) is 0 Å². The Morgan fingerprint density at radius 3 is 2.43 bits per heavy atom. The van der Waals surface area contributed by atoms with Crippen LogP contribution in [0.15, 0.2) is 71.1 Å². The minimum absolute atomic E-state index is 0.857. The molecule has 0 atom stereocenters. The van der Waals surface area contributed by atoms with Crippen LogP contribution in [0.5, 0.6) is 11.5 Å². The van der Waals surface area contributed by atoms with Crippen molar-refractivity contribution >= 4 is 21.9 Å². The van der Waals surface area contributed by atoms with Gasteiger partial charge in [-0.1, -0.05) is 30.3 Å². The van der Waals surface area contributed by atoms with Crippen LogP contribution in [0.25, 0.3) is 33.1 Å². The van der Waals surface area contributed by atoms with Crippen molar-refractivity contribution in [3.05, 3.63) is 66.7 Å². The van der Waals surface area contributed by atoms with E-state index in [0.29, 0.717) is 0 Å². The van der Waals surface area contributed by atoms with Gasteiger partial charge in [-0.05, 0) is 24.3 Å². The molecule has 0 unspecified atom stereocenters. The molecule has 4 aromatic rings. The van der Waals surface area contributed by atoms with Gasteiger partial charge in [-0.2, -0.15) is 0 Å². The topological polar surface area (TPSA) is 20.5 Å². The molecule has 0 N–H and O–H groups in total. The standard InChI is InChI=1S/C19H11O2/c1-3-8-14-12(6-1)18-13-7-2-4-9-15(13)21-17-11-5-10-16(20-14)19(17)18/h1-11H/q+1. The summed E-state index contributed by atoms with van der Waals surface area (Å²) in [5.74, 6) is 1.75. The first-order chi connectivity index (χ1) is 10.4. The fraction of sp³-hybridized carbons (Fsp3) is 0. The van der Waals surface area contributed by atoms with E-state index < -0.39 is 0 Å². The van der Waals surface area contributed by atoms with Crippen molar-refractivity contribution in [1.29, 1.82) is 0 Å². The zero-order chi connectivity index (χ0) is 13.8. The fourth-order valence-electron chi connectivity index (χ4n) is 3.10. The Hall–Kier alpha value is -2.87. The summed E-state index contributed by atoms with van der Waals surface area (Å²) >= 11 is 0. The largest absolute Gasteiger partial charge is 0.456 e. The quantitative estimate of drug-likeness (QED) is 0.268. The highest BCUT2D eigenvalue weighted by molar-refractivity contribution is 6.12. The van der Waals surface area contributed by atoms with Crippen molar-refractivity contribution in [2.45, 2.75) is 0 Å². The van der Waals surface area contributed by atoms with Gasteiger partial charge in [0.2, 0.25) is 0 Å².